The maximum atomic E-state index is 11.0. The zero-order chi connectivity index (χ0) is 12.1. The van der Waals surface area contributed by atoms with Crippen LogP contribution in [0.15, 0.2) is 16.5 Å². The zero-order valence-electron chi connectivity index (χ0n) is 9.56. The highest BCUT2D eigenvalue weighted by atomic mass is 16.4. The smallest absolute Gasteiger partial charge is 0.320 e. The lowest BCUT2D eigenvalue weighted by atomic mass is 9.99. The Morgan fingerprint density at radius 1 is 1.62 bits per heavy atom. The second-order valence-electron chi connectivity index (χ2n) is 3.89. The molecular weight excluding hydrogens is 208 g/mol. The van der Waals surface area contributed by atoms with E-state index in [2.05, 4.69) is 5.32 Å². The van der Waals surface area contributed by atoms with E-state index in [9.17, 15) is 4.79 Å². The number of anilines is 1. The molecule has 0 fully saturated rings. The molecule has 0 aliphatic carbocycles. The van der Waals surface area contributed by atoms with E-state index < -0.39 is 12.0 Å². The Balaban J connectivity index is 2.53. The van der Waals surface area contributed by atoms with Crippen LogP contribution in [0.2, 0.25) is 0 Å². The molecule has 2 unspecified atom stereocenters. The molecule has 1 aromatic rings. The van der Waals surface area contributed by atoms with Gasteiger partial charge in [-0.25, -0.2) is 0 Å². The average Bonchev–Trinajstić information content (AvgIpc) is 2.63. The fraction of sp³-hybridized carbons (Fsp3) is 0.545. The average molecular weight is 226 g/mol. The molecule has 0 aliphatic heterocycles. The van der Waals surface area contributed by atoms with E-state index in [1.807, 2.05) is 13.8 Å². The second kappa shape index (κ2) is 5.55. The molecule has 1 aromatic heterocycles. The van der Waals surface area contributed by atoms with Gasteiger partial charge in [0.1, 0.15) is 11.8 Å². The van der Waals surface area contributed by atoms with Crippen LogP contribution in [0.25, 0.3) is 0 Å². The first kappa shape index (κ1) is 12.6. The number of hydrogen-bond acceptors (Lipinski definition) is 4. The lowest BCUT2D eigenvalue weighted by molar-refractivity contribution is -0.140. The van der Waals surface area contributed by atoms with E-state index in [0.717, 1.165) is 6.42 Å². The van der Waals surface area contributed by atoms with E-state index in [4.69, 9.17) is 15.3 Å². The molecule has 0 saturated heterocycles. The molecule has 0 aromatic carbocycles. The Labute approximate surface area is 94.6 Å². The largest absolute Gasteiger partial charge is 0.480 e. The first-order chi connectivity index (χ1) is 7.54. The summed E-state index contributed by atoms with van der Waals surface area (Å²) < 4.78 is 5.15. The van der Waals surface area contributed by atoms with Crippen molar-refractivity contribution in [1.82, 2.24) is 5.32 Å². The van der Waals surface area contributed by atoms with Gasteiger partial charge in [-0.15, -0.1) is 0 Å². The van der Waals surface area contributed by atoms with E-state index >= 15 is 0 Å². The summed E-state index contributed by atoms with van der Waals surface area (Å²) in [4.78, 5) is 11.0. The van der Waals surface area contributed by atoms with E-state index in [0.29, 0.717) is 18.2 Å². The van der Waals surface area contributed by atoms with Crippen molar-refractivity contribution in [1.29, 1.82) is 0 Å². The van der Waals surface area contributed by atoms with Crippen molar-refractivity contribution in [2.75, 3.05) is 5.73 Å². The molecule has 5 nitrogen and oxygen atoms in total. The molecule has 0 saturated carbocycles. The number of nitrogens with one attached hydrogen (secondary N) is 1. The van der Waals surface area contributed by atoms with Crippen molar-refractivity contribution in [3.8, 4) is 0 Å². The second-order valence-corrected chi connectivity index (χ2v) is 3.89. The Kier molecular flexibility index (Phi) is 4.37. The molecule has 90 valence electrons. The van der Waals surface area contributed by atoms with E-state index in [1.165, 1.54) is 0 Å². The highest BCUT2D eigenvalue weighted by molar-refractivity contribution is 5.73. The van der Waals surface area contributed by atoms with Crippen LogP contribution in [0.3, 0.4) is 0 Å². The summed E-state index contributed by atoms with van der Waals surface area (Å²) in [5.74, 6) is 0.220. The summed E-state index contributed by atoms with van der Waals surface area (Å²) in [6.07, 6.45) is 0.810. The molecule has 0 spiro atoms. The minimum Gasteiger partial charge on any atom is -0.480 e. The minimum absolute atomic E-state index is 0.0739. The molecule has 0 amide bonds. The highest BCUT2D eigenvalue weighted by Crippen LogP contribution is 2.12. The quantitative estimate of drug-likeness (QED) is 0.683. The van der Waals surface area contributed by atoms with Crippen LogP contribution >= 0.6 is 0 Å². The predicted molar refractivity (Wildman–Crippen MR) is 60.8 cm³/mol. The van der Waals surface area contributed by atoms with Gasteiger partial charge >= 0.3 is 5.97 Å². The van der Waals surface area contributed by atoms with Crippen molar-refractivity contribution in [2.45, 2.75) is 32.9 Å². The SMILES string of the molecule is CCC(C)C(NCc1ccc(N)o1)C(=O)O. The monoisotopic (exact) mass is 226 g/mol. The molecule has 16 heavy (non-hydrogen) atoms. The highest BCUT2D eigenvalue weighted by Gasteiger charge is 2.22. The Morgan fingerprint density at radius 2 is 2.31 bits per heavy atom. The number of carbonyl (C=O) groups is 1. The summed E-state index contributed by atoms with van der Waals surface area (Å²) >= 11 is 0. The van der Waals surface area contributed by atoms with Crippen molar-refractivity contribution in [3.05, 3.63) is 17.9 Å². The third kappa shape index (κ3) is 3.27. The summed E-state index contributed by atoms with van der Waals surface area (Å²) in [6.45, 7) is 4.24. The van der Waals surface area contributed by atoms with Gasteiger partial charge in [0.05, 0.1) is 6.54 Å². The molecule has 1 rings (SSSR count). The number of nitrogen functional groups attached to an aromatic ring is 1. The van der Waals surface area contributed by atoms with Crippen molar-refractivity contribution in [2.24, 2.45) is 5.92 Å². The van der Waals surface area contributed by atoms with Gasteiger partial charge in [-0.3, -0.25) is 10.1 Å². The summed E-state index contributed by atoms with van der Waals surface area (Å²) in [5, 5.41) is 12.0. The van der Waals surface area contributed by atoms with Crippen molar-refractivity contribution in [3.63, 3.8) is 0 Å². The third-order valence-electron chi connectivity index (χ3n) is 2.66. The molecule has 0 bridgehead atoms. The maximum Gasteiger partial charge on any atom is 0.320 e. The fourth-order valence-electron chi connectivity index (χ4n) is 1.47. The number of aliphatic carboxylic acids is 1. The van der Waals surface area contributed by atoms with Crippen LogP contribution in [0, 0.1) is 5.92 Å². The van der Waals surface area contributed by atoms with Gasteiger partial charge < -0.3 is 15.3 Å². The van der Waals surface area contributed by atoms with Gasteiger partial charge in [0.15, 0.2) is 5.88 Å². The van der Waals surface area contributed by atoms with Crippen LogP contribution < -0.4 is 11.1 Å². The van der Waals surface area contributed by atoms with Crippen LogP contribution in [0.1, 0.15) is 26.0 Å². The van der Waals surface area contributed by atoms with Gasteiger partial charge in [0.2, 0.25) is 0 Å². The molecule has 2 atom stereocenters. The van der Waals surface area contributed by atoms with Gasteiger partial charge in [0.25, 0.3) is 0 Å². The summed E-state index contributed by atoms with van der Waals surface area (Å²) in [6, 6.07) is 2.82. The number of rotatable bonds is 6. The number of furan rings is 1. The van der Waals surface area contributed by atoms with Crippen molar-refractivity contribution >= 4 is 11.9 Å². The Morgan fingerprint density at radius 3 is 2.75 bits per heavy atom. The topological polar surface area (TPSA) is 88.5 Å². The van der Waals surface area contributed by atoms with Crippen LogP contribution in [0.5, 0.6) is 0 Å². The molecular formula is C11H18N2O3. The standard InChI is InChI=1S/C11H18N2O3/c1-3-7(2)10(11(14)15)13-6-8-4-5-9(12)16-8/h4-5,7,10,13H,3,6,12H2,1-2H3,(H,14,15). The van der Waals surface area contributed by atoms with Gasteiger partial charge in [-0.2, -0.15) is 0 Å². The lowest BCUT2D eigenvalue weighted by Crippen LogP contribution is -2.41. The molecule has 1 heterocycles. The lowest BCUT2D eigenvalue weighted by Gasteiger charge is -2.19. The minimum atomic E-state index is -0.839. The van der Waals surface area contributed by atoms with E-state index in [-0.39, 0.29) is 5.92 Å². The number of carboxylic acid groups (broad SMARTS) is 1. The number of nitrogens with two attached hydrogens (primary N) is 1. The van der Waals surface area contributed by atoms with Crippen LogP contribution in [-0.2, 0) is 11.3 Å². The van der Waals surface area contributed by atoms with Crippen LogP contribution in [-0.4, -0.2) is 17.1 Å². The molecule has 0 aliphatic rings. The van der Waals surface area contributed by atoms with Gasteiger partial charge in [-0.1, -0.05) is 20.3 Å². The third-order valence-corrected chi connectivity index (χ3v) is 2.66. The normalized spacial score (nSPS) is 14.6. The fourth-order valence-corrected chi connectivity index (χ4v) is 1.47. The molecule has 4 N–H and O–H groups in total. The molecule has 5 heteroatoms. The number of carboxylic acids is 1. The van der Waals surface area contributed by atoms with Gasteiger partial charge in [0, 0.05) is 6.07 Å². The molecule has 0 radical (unpaired) electrons. The summed E-state index contributed by atoms with van der Waals surface area (Å²) in [5.41, 5.74) is 5.42. The summed E-state index contributed by atoms with van der Waals surface area (Å²) in [7, 11) is 0. The van der Waals surface area contributed by atoms with E-state index in [1.54, 1.807) is 12.1 Å². The maximum absolute atomic E-state index is 11.0. The number of hydrogen-bond donors (Lipinski definition) is 3. The predicted octanol–water partition coefficient (Wildman–Crippen LogP) is 1.45. The van der Waals surface area contributed by atoms with Crippen molar-refractivity contribution < 1.29 is 14.3 Å². The Hall–Kier alpha value is -1.49. The van der Waals surface area contributed by atoms with Gasteiger partial charge in [-0.05, 0) is 12.0 Å². The first-order valence-corrected chi connectivity index (χ1v) is 5.35. The zero-order valence-corrected chi connectivity index (χ0v) is 9.56. The first-order valence-electron chi connectivity index (χ1n) is 5.35. The Bertz CT molecular complexity index is 349. The van der Waals surface area contributed by atoms with Crippen LogP contribution in [0.4, 0.5) is 5.88 Å².